The van der Waals surface area contributed by atoms with Gasteiger partial charge in [-0.3, -0.25) is 4.79 Å². The molecule has 0 N–H and O–H groups in total. The molecule has 1 aromatic rings. The summed E-state index contributed by atoms with van der Waals surface area (Å²) < 4.78 is 31.0. The Balaban J connectivity index is 2.23. The van der Waals surface area contributed by atoms with Crippen LogP contribution in [0.4, 0.5) is 0 Å². The summed E-state index contributed by atoms with van der Waals surface area (Å²) in [4.78, 5) is 11.7. The van der Waals surface area contributed by atoms with E-state index in [-0.39, 0.29) is 17.4 Å². The molecule has 0 saturated carbocycles. The zero-order valence-corrected chi connectivity index (χ0v) is 12.7. The highest BCUT2D eigenvalue weighted by Crippen LogP contribution is 2.25. The summed E-state index contributed by atoms with van der Waals surface area (Å²) in [6.45, 7) is 0.559. The van der Waals surface area contributed by atoms with Gasteiger partial charge in [0.25, 0.3) is 0 Å². The van der Waals surface area contributed by atoms with E-state index in [2.05, 4.69) is 0 Å². The Morgan fingerprint density at radius 3 is 2.85 bits per heavy atom. The van der Waals surface area contributed by atoms with Gasteiger partial charge in [-0.25, -0.2) is 8.42 Å². The Kier molecular flexibility index (Phi) is 4.67. The van der Waals surface area contributed by atoms with Crippen molar-refractivity contribution in [2.45, 2.75) is 17.7 Å². The lowest BCUT2D eigenvalue weighted by Gasteiger charge is -2.30. The smallest absolute Gasteiger partial charge is 0.309 e. The van der Waals surface area contributed by atoms with E-state index in [1.165, 1.54) is 23.5 Å². The van der Waals surface area contributed by atoms with Crippen LogP contribution in [-0.2, 0) is 19.6 Å². The highest BCUT2D eigenvalue weighted by atomic mass is 35.5. The molecule has 0 unspecified atom stereocenters. The third-order valence-electron chi connectivity index (χ3n) is 3.35. The lowest BCUT2D eigenvalue weighted by Crippen LogP contribution is -2.42. The summed E-state index contributed by atoms with van der Waals surface area (Å²) >= 11 is 5.83. The molecule has 7 heteroatoms. The highest BCUT2D eigenvalue weighted by molar-refractivity contribution is 7.89. The normalized spacial score (nSPS) is 20.6. The first-order valence-corrected chi connectivity index (χ1v) is 8.10. The van der Waals surface area contributed by atoms with Gasteiger partial charge in [0.05, 0.1) is 17.9 Å². The molecule has 110 valence electrons. The van der Waals surface area contributed by atoms with E-state index in [0.717, 1.165) is 0 Å². The molecule has 0 radical (unpaired) electrons. The fourth-order valence-electron chi connectivity index (χ4n) is 2.30. The summed E-state index contributed by atoms with van der Waals surface area (Å²) in [7, 11) is -2.31. The zero-order valence-electron chi connectivity index (χ0n) is 11.1. The van der Waals surface area contributed by atoms with Crippen LogP contribution in [0.25, 0.3) is 0 Å². The largest absolute Gasteiger partial charge is 0.469 e. The second kappa shape index (κ2) is 6.11. The van der Waals surface area contributed by atoms with Crippen LogP contribution >= 0.6 is 11.6 Å². The van der Waals surface area contributed by atoms with Gasteiger partial charge >= 0.3 is 5.97 Å². The second-order valence-corrected chi connectivity index (χ2v) is 7.06. The molecule has 2 rings (SSSR count). The summed E-state index contributed by atoms with van der Waals surface area (Å²) in [5.74, 6) is -0.765. The minimum atomic E-state index is -3.62. The van der Waals surface area contributed by atoms with E-state index in [1.807, 2.05) is 0 Å². The van der Waals surface area contributed by atoms with Crippen molar-refractivity contribution in [2.75, 3.05) is 20.2 Å². The Hall–Kier alpha value is -1.11. The molecule has 0 aliphatic carbocycles. The van der Waals surface area contributed by atoms with Crippen molar-refractivity contribution in [3.63, 3.8) is 0 Å². The molecule has 1 aliphatic heterocycles. The number of carbonyl (C=O) groups excluding carboxylic acids is 1. The molecule has 1 fully saturated rings. The number of methoxy groups -OCH3 is 1. The summed E-state index contributed by atoms with van der Waals surface area (Å²) in [5, 5.41) is 0.368. The number of hydrogen-bond donors (Lipinski definition) is 0. The minimum absolute atomic E-state index is 0.149. The number of rotatable bonds is 3. The molecule has 1 aliphatic rings. The minimum Gasteiger partial charge on any atom is -0.469 e. The lowest BCUT2D eigenvalue weighted by atomic mass is 10.0. The van der Waals surface area contributed by atoms with Gasteiger partial charge in [0.2, 0.25) is 10.0 Å². The Morgan fingerprint density at radius 1 is 1.45 bits per heavy atom. The quantitative estimate of drug-likeness (QED) is 0.799. The van der Waals surface area contributed by atoms with Crippen LogP contribution < -0.4 is 0 Å². The van der Waals surface area contributed by atoms with Crippen molar-refractivity contribution >= 4 is 27.6 Å². The Labute approximate surface area is 123 Å². The van der Waals surface area contributed by atoms with Crippen LogP contribution in [-0.4, -0.2) is 38.9 Å². The molecule has 0 aromatic heterocycles. The van der Waals surface area contributed by atoms with Crippen LogP contribution in [0, 0.1) is 5.92 Å². The van der Waals surface area contributed by atoms with Gasteiger partial charge in [0, 0.05) is 18.1 Å². The van der Waals surface area contributed by atoms with Gasteiger partial charge in [-0.05, 0) is 31.0 Å². The molecule has 1 atom stereocenters. The molecular weight excluding hydrogens is 302 g/mol. The maximum absolute atomic E-state index is 12.5. The van der Waals surface area contributed by atoms with E-state index in [0.29, 0.717) is 24.4 Å². The van der Waals surface area contributed by atoms with Gasteiger partial charge in [0.1, 0.15) is 0 Å². The van der Waals surface area contributed by atoms with Crippen molar-refractivity contribution in [1.82, 2.24) is 4.31 Å². The van der Waals surface area contributed by atoms with Crippen molar-refractivity contribution < 1.29 is 17.9 Å². The molecule has 1 heterocycles. The molecule has 0 spiro atoms. The lowest BCUT2D eigenvalue weighted by molar-refractivity contribution is -0.146. The number of ether oxygens (including phenoxy) is 1. The number of hydrogen-bond acceptors (Lipinski definition) is 4. The SMILES string of the molecule is COC(=O)[C@H]1CCCN(S(=O)(=O)c2cccc(Cl)c2)C1. The standard InChI is InChI=1S/C13H16ClNO4S/c1-19-13(16)10-4-3-7-15(9-10)20(17,18)12-6-2-5-11(14)8-12/h2,5-6,8,10H,3-4,7,9H2,1H3/t10-/m0/s1. The Morgan fingerprint density at radius 2 is 2.20 bits per heavy atom. The van der Waals surface area contributed by atoms with Crippen LogP contribution in [0.5, 0.6) is 0 Å². The van der Waals surface area contributed by atoms with Crippen molar-refractivity contribution in [1.29, 1.82) is 0 Å². The van der Waals surface area contributed by atoms with Crippen molar-refractivity contribution in [3.8, 4) is 0 Å². The van der Waals surface area contributed by atoms with Crippen LogP contribution in [0.3, 0.4) is 0 Å². The number of carbonyl (C=O) groups is 1. The maximum atomic E-state index is 12.5. The zero-order chi connectivity index (χ0) is 14.8. The number of benzene rings is 1. The predicted octanol–water partition coefficient (Wildman–Crippen LogP) is 1.91. The third kappa shape index (κ3) is 3.13. The molecule has 5 nitrogen and oxygen atoms in total. The molecule has 1 saturated heterocycles. The molecular formula is C13H16ClNO4S. The number of piperidine rings is 1. The summed E-state index contributed by atoms with van der Waals surface area (Å²) in [6, 6.07) is 6.13. The topological polar surface area (TPSA) is 63.7 Å². The van der Waals surface area contributed by atoms with Gasteiger partial charge in [0.15, 0.2) is 0 Å². The molecule has 20 heavy (non-hydrogen) atoms. The number of nitrogens with zero attached hydrogens (tertiary/aromatic N) is 1. The van der Waals surface area contributed by atoms with Gasteiger partial charge < -0.3 is 4.74 Å². The van der Waals surface area contributed by atoms with E-state index < -0.39 is 15.9 Å². The molecule has 1 aromatic carbocycles. The van der Waals surface area contributed by atoms with E-state index in [4.69, 9.17) is 16.3 Å². The number of sulfonamides is 1. The third-order valence-corrected chi connectivity index (χ3v) is 5.45. The van der Waals surface area contributed by atoms with Crippen LogP contribution in [0.15, 0.2) is 29.2 Å². The van der Waals surface area contributed by atoms with Crippen molar-refractivity contribution in [3.05, 3.63) is 29.3 Å². The van der Waals surface area contributed by atoms with Gasteiger partial charge in [-0.1, -0.05) is 17.7 Å². The summed E-state index contributed by atoms with van der Waals surface area (Å²) in [6.07, 6.45) is 1.29. The summed E-state index contributed by atoms with van der Waals surface area (Å²) in [5.41, 5.74) is 0. The second-order valence-electron chi connectivity index (χ2n) is 4.68. The van der Waals surface area contributed by atoms with Gasteiger partial charge in [-0.2, -0.15) is 4.31 Å². The van der Waals surface area contributed by atoms with E-state index >= 15 is 0 Å². The first-order valence-electron chi connectivity index (χ1n) is 6.28. The fraction of sp³-hybridized carbons (Fsp3) is 0.462. The number of esters is 1. The monoisotopic (exact) mass is 317 g/mol. The predicted molar refractivity (Wildman–Crippen MR) is 75.0 cm³/mol. The average Bonchev–Trinajstić information content (AvgIpc) is 2.46. The number of halogens is 1. The van der Waals surface area contributed by atoms with Crippen LogP contribution in [0.2, 0.25) is 5.02 Å². The van der Waals surface area contributed by atoms with Crippen molar-refractivity contribution in [2.24, 2.45) is 5.92 Å². The van der Waals surface area contributed by atoms with E-state index in [1.54, 1.807) is 12.1 Å². The first kappa shape index (κ1) is 15.3. The fourth-order valence-corrected chi connectivity index (χ4v) is 4.12. The molecule has 0 amide bonds. The molecule has 0 bridgehead atoms. The first-order chi connectivity index (χ1) is 9.45. The van der Waals surface area contributed by atoms with Crippen LogP contribution in [0.1, 0.15) is 12.8 Å². The van der Waals surface area contributed by atoms with Gasteiger partial charge in [-0.15, -0.1) is 0 Å². The maximum Gasteiger partial charge on any atom is 0.309 e. The Bertz CT molecular complexity index is 602. The average molecular weight is 318 g/mol. The highest BCUT2D eigenvalue weighted by Gasteiger charge is 2.33. The van der Waals surface area contributed by atoms with E-state index in [9.17, 15) is 13.2 Å².